The second-order valence-corrected chi connectivity index (χ2v) is 5.23. The highest BCUT2D eigenvalue weighted by Gasteiger charge is 2.33. The lowest BCUT2D eigenvalue weighted by molar-refractivity contribution is -0.137. The Hall–Kier alpha value is -1.30. The molecule has 0 saturated carbocycles. The summed E-state index contributed by atoms with van der Waals surface area (Å²) in [7, 11) is 0. The van der Waals surface area contributed by atoms with Gasteiger partial charge in [0.2, 0.25) is 0 Å². The van der Waals surface area contributed by atoms with E-state index in [2.05, 4.69) is 12.2 Å². The minimum absolute atomic E-state index is 0.0277. The predicted molar refractivity (Wildman–Crippen MR) is 70.9 cm³/mol. The summed E-state index contributed by atoms with van der Waals surface area (Å²) >= 11 is 0. The molecule has 1 saturated heterocycles. The topological polar surface area (TPSA) is 89.9 Å². The zero-order chi connectivity index (χ0) is 14.3. The number of carboxylic acids is 1. The van der Waals surface area contributed by atoms with E-state index in [1.54, 1.807) is 4.90 Å². The SMILES string of the molecule is CCC1(CO)CCN(C(=O)NCCCC(=O)O)CC1. The monoisotopic (exact) mass is 272 g/mol. The van der Waals surface area contributed by atoms with Gasteiger partial charge in [0.15, 0.2) is 0 Å². The third kappa shape index (κ3) is 4.70. The molecule has 1 aliphatic heterocycles. The smallest absolute Gasteiger partial charge is 0.317 e. The first kappa shape index (κ1) is 15.8. The number of aliphatic hydroxyl groups is 1. The van der Waals surface area contributed by atoms with E-state index in [0.29, 0.717) is 26.1 Å². The molecule has 0 unspecified atom stereocenters. The molecule has 0 spiro atoms. The summed E-state index contributed by atoms with van der Waals surface area (Å²) in [6.45, 7) is 3.94. The van der Waals surface area contributed by atoms with E-state index in [4.69, 9.17) is 5.11 Å². The Kier molecular flexibility index (Phi) is 6.08. The van der Waals surface area contributed by atoms with Gasteiger partial charge in [-0.3, -0.25) is 4.79 Å². The number of carbonyl (C=O) groups is 2. The van der Waals surface area contributed by atoms with Gasteiger partial charge in [-0.1, -0.05) is 6.92 Å². The fourth-order valence-corrected chi connectivity index (χ4v) is 2.35. The van der Waals surface area contributed by atoms with Crippen molar-refractivity contribution in [3.8, 4) is 0 Å². The van der Waals surface area contributed by atoms with Crippen molar-refractivity contribution in [3.63, 3.8) is 0 Å². The molecule has 0 aromatic carbocycles. The fraction of sp³-hybridized carbons (Fsp3) is 0.846. The molecular weight excluding hydrogens is 248 g/mol. The Morgan fingerprint density at radius 1 is 1.32 bits per heavy atom. The van der Waals surface area contributed by atoms with Gasteiger partial charge in [-0.2, -0.15) is 0 Å². The number of amides is 2. The Morgan fingerprint density at radius 2 is 1.95 bits per heavy atom. The molecule has 0 aliphatic carbocycles. The highest BCUT2D eigenvalue weighted by Crippen LogP contribution is 2.34. The summed E-state index contributed by atoms with van der Waals surface area (Å²) < 4.78 is 0. The highest BCUT2D eigenvalue weighted by molar-refractivity contribution is 5.74. The van der Waals surface area contributed by atoms with Crippen LogP contribution < -0.4 is 5.32 Å². The van der Waals surface area contributed by atoms with Crippen molar-refractivity contribution in [2.24, 2.45) is 5.41 Å². The molecule has 3 N–H and O–H groups in total. The van der Waals surface area contributed by atoms with Crippen molar-refractivity contribution in [1.29, 1.82) is 0 Å². The number of likely N-dealkylation sites (tertiary alicyclic amines) is 1. The second-order valence-electron chi connectivity index (χ2n) is 5.23. The number of hydrogen-bond donors (Lipinski definition) is 3. The fourth-order valence-electron chi connectivity index (χ4n) is 2.35. The molecule has 0 aromatic rings. The lowest BCUT2D eigenvalue weighted by Gasteiger charge is -2.40. The summed E-state index contributed by atoms with van der Waals surface area (Å²) in [6.07, 6.45) is 3.09. The number of piperidine rings is 1. The standard InChI is InChI=1S/C13H24N2O4/c1-2-13(10-16)5-8-15(9-6-13)12(19)14-7-3-4-11(17)18/h16H,2-10H2,1H3,(H,14,19)(H,17,18). The van der Waals surface area contributed by atoms with Crippen LogP contribution in [0.15, 0.2) is 0 Å². The van der Waals surface area contributed by atoms with Crippen molar-refractivity contribution in [2.45, 2.75) is 39.0 Å². The molecule has 1 heterocycles. The molecule has 0 bridgehead atoms. The number of rotatable bonds is 6. The number of aliphatic hydroxyl groups excluding tert-OH is 1. The number of nitrogens with zero attached hydrogens (tertiary/aromatic N) is 1. The van der Waals surface area contributed by atoms with Crippen molar-refractivity contribution in [1.82, 2.24) is 10.2 Å². The van der Waals surface area contributed by atoms with Crippen LogP contribution in [0.2, 0.25) is 0 Å². The van der Waals surface area contributed by atoms with Gasteiger partial charge in [0.1, 0.15) is 0 Å². The zero-order valence-electron chi connectivity index (χ0n) is 11.5. The molecule has 110 valence electrons. The van der Waals surface area contributed by atoms with E-state index in [0.717, 1.165) is 19.3 Å². The molecular formula is C13H24N2O4. The Morgan fingerprint density at radius 3 is 2.42 bits per heavy atom. The summed E-state index contributed by atoms with van der Waals surface area (Å²) in [5.41, 5.74) is -0.0277. The summed E-state index contributed by atoms with van der Waals surface area (Å²) in [5.74, 6) is -0.845. The van der Waals surface area contributed by atoms with E-state index in [1.165, 1.54) is 0 Å². The van der Waals surface area contributed by atoms with E-state index < -0.39 is 5.97 Å². The third-order valence-corrected chi connectivity index (χ3v) is 4.04. The number of carbonyl (C=O) groups excluding carboxylic acids is 1. The molecule has 0 atom stereocenters. The Bertz CT molecular complexity index is 306. The van der Waals surface area contributed by atoms with Crippen molar-refractivity contribution in [3.05, 3.63) is 0 Å². The van der Waals surface area contributed by atoms with Gasteiger partial charge in [0.05, 0.1) is 0 Å². The minimum Gasteiger partial charge on any atom is -0.481 e. The predicted octanol–water partition coefficient (Wildman–Crippen LogP) is 1.05. The lowest BCUT2D eigenvalue weighted by Crippen LogP contribution is -2.48. The minimum atomic E-state index is -0.845. The summed E-state index contributed by atoms with van der Waals surface area (Å²) in [5, 5.41) is 20.6. The molecule has 1 rings (SSSR count). The first-order chi connectivity index (χ1) is 9.03. The molecule has 6 heteroatoms. The normalized spacial score (nSPS) is 18.1. The van der Waals surface area contributed by atoms with Crippen molar-refractivity contribution in [2.75, 3.05) is 26.2 Å². The van der Waals surface area contributed by atoms with E-state index >= 15 is 0 Å². The second kappa shape index (κ2) is 7.33. The van der Waals surface area contributed by atoms with Crippen LogP contribution in [-0.4, -0.2) is 53.4 Å². The van der Waals surface area contributed by atoms with Crippen LogP contribution >= 0.6 is 0 Å². The van der Waals surface area contributed by atoms with E-state index in [1.807, 2.05) is 0 Å². The van der Waals surface area contributed by atoms with Gasteiger partial charge >= 0.3 is 12.0 Å². The van der Waals surface area contributed by atoms with Gasteiger partial charge in [-0.15, -0.1) is 0 Å². The first-order valence-electron chi connectivity index (χ1n) is 6.88. The number of urea groups is 1. The molecule has 6 nitrogen and oxygen atoms in total. The van der Waals surface area contributed by atoms with Crippen LogP contribution in [0, 0.1) is 5.41 Å². The van der Waals surface area contributed by atoms with Crippen LogP contribution in [0.5, 0.6) is 0 Å². The van der Waals surface area contributed by atoms with Crippen LogP contribution in [-0.2, 0) is 4.79 Å². The summed E-state index contributed by atoms with van der Waals surface area (Å²) in [6, 6.07) is -0.131. The van der Waals surface area contributed by atoms with Gasteiger partial charge in [0.25, 0.3) is 0 Å². The average Bonchev–Trinajstić information content (AvgIpc) is 2.43. The maximum absolute atomic E-state index is 11.8. The maximum Gasteiger partial charge on any atom is 0.317 e. The van der Waals surface area contributed by atoms with Crippen LogP contribution in [0.4, 0.5) is 4.79 Å². The van der Waals surface area contributed by atoms with Gasteiger partial charge in [0, 0.05) is 32.7 Å². The molecule has 19 heavy (non-hydrogen) atoms. The third-order valence-electron chi connectivity index (χ3n) is 4.04. The van der Waals surface area contributed by atoms with Crippen molar-refractivity contribution < 1.29 is 19.8 Å². The number of nitrogens with one attached hydrogen (secondary N) is 1. The van der Waals surface area contributed by atoms with E-state index in [-0.39, 0.29) is 24.5 Å². The molecule has 2 amide bonds. The lowest BCUT2D eigenvalue weighted by atomic mass is 9.77. The van der Waals surface area contributed by atoms with Crippen LogP contribution in [0.3, 0.4) is 0 Å². The molecule has 0 aromatic heterocycles. The van der Waals surface area contributed by atoms with Crippen LogP contribution in [0.1, 0.15) is 39.0 Å². The average molecular weight is 272 g/mol. The maximum atomic E-state index is 11.8. The Labute approximate surface area is 113 Å². The Balaban J connectivity index is 2.27. The number of hydrogen-bond acceptors (Lipinski definition) is 3. The first-order valence-corrected chi connectivity index (χ1v) is 6.88. The van der Waals surface area contributed by atoms with Gasteiger partial charge < -0.3 is 20.4 Å². The van der Waals surface area contributed by atoms with Crippen LogP contribution in [0.25, 0.3) is 0 Å². The summed E-state index contributed by atoms with van der Waals surface area (Å²) in [4.78, 5) is 23.9. The van der Waals surface area contributed by atoms with E-state index in [9.17, 15) is 14.7 Å². The largest absolute Gasteiger partial charge is 0.481 e. The molecule has 1 aliphatic rings. The number of aliphatic carboxylic acids is 1. The zero-order valence-corrected chi connectivity index (χ0v) is 11.5. The quantitative estimate of drug-likeness (QED) is 0.630. The molecule has 0 radical (unpaired) electrons. The highest BCUT2D eigenvalue weighted by atomic mass is 16.4. The van der Waals surface area contributed by atoms with Gasteiger partial charge in [-0.05, 0) is 31.1 Å². The number of carboxylic acid groups (broad SMARTS) is 1. The van der Waals surface area contributed by atoms with Gasteiger partial charge in [-0.25, -0.2) is 4.79 Å². The molecule has 1 fully saturated rings. The van der Waals surface area contributed by atoms with Crippen molar-refractivity contribution >= 4 is 12.0 Å².